The van der Waals surface area contributed by atoms with Crippen LogP contribution in [0.1, 0.15) is 40.5 Å². The molecule has 0 fully saturated rings. The molecule has 0 saturated heterocycles. The van der Waals surface area contributed by atoms with E-state index in [1.54, 1.807) is 6.26 Å². The summed E-state index contributed by atoms with van der Waals surface area (Å²) >= 11 is 0. The van der Waals surface area contributed by atoms with E-state index in [1.165, 1.54) is 0 Å². The number of hydrogen-bond acceptors (Lipinski definition) is 2. The van der Waals surface area contributed by atoms with Crippen LogP contribution in [0.25, 0.3) is 0 Å². The molecule has 0 heterocycles. The monoisotopic (exact) mass is 230 g/mol. The SMILES string of the molecule is CCC(O)CC=CO[Si](C)(C)C(C)(C)C. The lowest BCUT2D eigenvalue weighted by molar-refractivity contribution is 0.173. The van der Waals surface area contributed by atoms with Gasteiger partial charge in [-0.3, -0.25) is 0 Å². The molecule has 15 heavy (non-hydrogen) atoms. The minimum Gasteiger partial charge on any atom is -0.549 e. The van der Waals surface area contributed by atoms with Gasteiger partial charge in [0.25, 0.3) is 0 Å². The first-order chi connectivity index (χ1) is 6.70. The van der Waals surface area contributed by atoms with Gasteiger partial charge in [0, 0.05) is 0 Å². The van der Waals surface area contributed by atoms with Crippen LogP contribution in [0.2, 0.25) is 18.1 Å². The van der Waals surface area contributed by atoms with Gasteiger partial charge < -0.3 is 9.53 Å². The fourth-order valence-electron chi connectivity index (χ4n) is 0.774. The molecular formula is C12H26O2Si. The Bertz CT molecular complexity index is 204. The van der Waals surface area contributed by atoms with Crippen LogP contribution in [-0.4, -0.2) is 19.5 Å². The maximum Gasteiger partial charge on any atom is 0.249 e. The number of aliphatic hydroxyl groups is 1. The third-order valence-electron chi connectivity index (χ3n) is 3.14. The van der Waals surface area contributed by atoms with Crippen LogP contribution in [-0.2, 0) is 4.43 Å². The first kappa shape index (κ1) is 14.7. The molecule has 0 aliphatic rings. The summed E-state index contributed by atoms with van der Waals surface area (Å²) < 4.78 is 5.84. The van der Waals surface area contributed by atoms with E-state index >= 15 is 0 Å². The molecule has 1 atom stereocenters. The Morgan fingerprint density at radius 1 is 1.33 bits per heavy atom. The van der Waals surface area contributed by atoms with Crippen LogP contribution in [0.4, 0.5) is 0 Å². The van der Waals surface area contributed by atoms with Crippen LogP contribution in [0, 0.1) is 0 Å². The topological polar surface area (TPSA) is 29.5 Å². The fourth-order valence-corrected chi connectivity index (χ4v) is 1.56. The highest BCUT2D eigenvalue weighted by molar-refractivity contribution is 6.74. The molecule has 0 aromatic rings. The molecule has 0 amide bonds. The Kier molecular flexibility index (Phi) is 5.60. The summed E-state index contributed by atoms with van der Waals surface area (Å²) in [7, 11) is -1.66. The number of hydrogen-bond donors (Lipinski definition) is 1. The molecule has 0 bridgehead atoms. The molecule has 0 rings (SSSR count). The summed E-state index contributed by atoms with van der Waals surface area (Å²) in [4.78, 5) is 0. The maximum atomic E-state index is 9.35. The van der Waals surface area contributed by atoms with Crippen molar-refractivity contribution in [2.24, 2.45) is 0 Å². The standard InChI is InChI=1S/C12H26O2Si/c1-7-11(13)9-8-10-14-15(5,6)12(2,3)4/h8,10-11,13H,7,9H2,1-6H3. The summed E-state index contributed by atoms with van der Waals surface area (Å²) in [5.41, 5.74) is 0. The van der Waals surface area contributed by atoms with E-state index in [4.69, 9.17) is 4.43 Å². The van der Waals surface area contributed by atoms with E-state index in [-0.39, 0.29) is 11.1 Å². The van der Waals surface area contributed by atoms with E-state index in [0.29, 0.717) is 6.42 Å². The smallest absolute Gasteiger partial charge is 0.249 e. The first-order valence-corrected chi connectivity index (χ1v) is 8.62. The van der Waals surface area contributed by atoms with Gasteiger partial charge in [0.1, 0.15) is 0 Å². The van der Waals surface area contributed by atoms with Gasteiger partial charge in [-0.2, -0.15) is 0 Å². The summed E-state index contributed by atoms with van der Waals surface area (Å²) in [6.45, 7) is 13.1. The predicted molar refractivity (Wildman–Crippen MR) is 68.3 cm³/mol. The molecule has 2 nitrogen and oxygen atoms in total. The van der Waals surface area contributed by atoms with Gasteiger partial charge in [0.15, 0.2) is 0 Å². The van der Waals surface area contributed by atoms with Crippen molar-refractivity contribution in [3.8, 4) is 0 Å². The maximum absolute atomic E-state index is 9.35. The van der Waals surface area contributed by atoms with Gasteiger partial charge in [-0.1, -0.05) is 27.7 Å². The lowest BCUT2D eigenvalue weighted by Gasteiger charge is -2.35. The summed E-state index contributed by atoms with van der Waals surface area (Å²) in [6.07, 6.45) is 4.95. The number of rotatable bonds is 5. The largest absolute Gasteiger partial charge is 0.549 e. The molecular weight excluding hydrogens is 204 g/mol. The van der Waals surface area contributed by atoms with E-state index in [9.17, 15) is 5.11 Å². The van der Waals surface area contributed by atoms with Crippen molar-refractivity contribution in [3.05, 3.63) is 12.3 Å². The molecule has 0 aliphatic carbocycles. The second-order valence-electron chi connectivity index (χ2n) is 5.55. The normalized spacial score (nSPS) is 15.7. The fraction of sp³-hybridized carbons (Fsp3) is 0.833. The molecule has 1 N–H and O–H groups in total. The van der Waals surface area contributed by atoms with Crippen LogP contribution >= 0.6 is 0 Å². The molecule has 90 valence electrons. The first-order valence-electron chi connectivity index (χ1n) is 5.71. The highest BCUT2D eigenvalue weighted by Gasteiger charge is 2.37. The molecule has 0 aromatic carbocycles. The Hall–Kier alpha value is -0.283. The predicted octanol–water partition coefficient (Wildman–Crippen LogP) is 3.68. The van der Waals surface area contributed by atoms with Gasteiger partial charge in [-0.25, -0.2) is 0 Å². The molecule has 1 unspecified atom stereocenters. The van der Waals surface area contributed by atoms with Gasteiger partial charge in [0.2, 0.25) is 8.32 Å². The Morgan fingerprint density at radius 3 is 2.27 bits per heavy atom. The Labute approximate surface area is 95.5 Å². The van der Waals surface area contributed by atoms with Crippen molar-refractivity contribution in [3.63, 3.8) is 0 Å². The minimum atomic E-state index is -1.66. The van der Waals surface area contributed by atoms with Crippen LogP contribution in [0.5, 0.6) is 0 Å². The average Bonchev–Trinajstić information content (AvgIpc) is 2.10. The third-order valence-corrected chi connectivity index (χ3v) is 7.48. The van der Waals surface area contributed by atoms with Crippen molar-refractivity contribution in [1.82, 2.24) is 0 Å². The summed E-state index contributed by atoms with van der Waals surface area (Å²) in [5, 5.41) is 9.59. The molecule has 0 spiro atoms. The lowest BCUT2D eigenvalue weighted by Crippen LogP contribution is -2.39. The Balaban J connectivity index is 4.04. The van der Waals surface area contributed by atoms with Crippen molar-refractivity contribution in [2.75, 3.05) is 0 Å². The van der Waals surface area contributed by atoms with E-state index < -0.39 is 8.32 Å². The zero-order valence-corrected chi connectivity index (χ0v) is 12.0. The van der Waals surface area contributed by atoms with Crippen molar-refractivity contribution in [2.45, 2.75) is 64.8 Å². The Morgan fingerprint density at radius 2 is 1.87 bits per heavy atom. The third kappa shape index (κ3) is 5.38. The van der Waals surface area contributed by atoms with Gasteiger partial charge in [-0.15, -0.1) is 0 Å². The van der Waals surface area contributed by atoms with Gasteiger partial charge in [-0.05, 0) is 37.0 Å². The highest BCUT2D eigenvalue weighted by Crippen LogP contribution is 2.36. The van der Waals surface area contributed by atoms with Crippen molar-refractivity contribution >= 4 is 8.32 Å². The average molecular weight is 230 g/mol. The van der Waals surface area contributed by atoms with E-state index in [2.05, 4.69) is 33.9 Å². The number of aliphatic hydroxyl groups excluding tert-OH is 1. The molecule has 0 saturated carbocycles. The molecule has 0 radical (unpaired) electrons. The zero-order chi connectivity index (χ0) is 12.1. The van der Waals surface area contributed by atoms with Crippen LogP contribution in [0.3, 0.4) is 0 Å². The summed E-state index contributed by atoms with van der Waals surface area (Å²) in [5.74, 6) is 0. The molecule has 0 aliphatic heterocycles. The van der Waals surface area contributed by atoms with Crippen molar-refractivity contribution < 1.29 is 9.53 Å². The minimum absolute atomic E-state index is 0.232. The molecule has 0 aromatic heterocycles. The highest BCUT2D eigenvalue weighted by atomic mass is 28.4. The van der Waals surface area contributed by atoms with Gasteiger partial charge >= 0.3 is 0 Å². The van der Waals surface area contributed by atoms with Crippen LogP contribution < -0.4 is 0 Å². The summed E-state index contributed by atoms with van der Waals surface area (Å²) in [6, 6.07) is 0. The van der Waals surface area contributed by atoms with Crippen LogP contribution in [0.15, 0.2) is 12.3 Å². The second kappa shape index (κ2) is 5.71. The van der Waals surface area contributed by atoms with E-state index in [1.807, 2.05) is 13.0 Å². The van der Waals surface area contributed by atoms with Crippen molar-refractivity contribution in [1.29, 1.82) is 0 Å². The van der Waals surface area contributed by atoms with Gasteiger partial charge in [0.05, 0.1) is 12.4 Å². The second-order valence-corrected chi connectivity index (χ2v) is 10.3. The quantitative estimate of drug-likeness (QED) is 0.576. The lowest BCUT2D eigenvalue weighted by atomic mass is 10.2. The zero-order valence-electron chi connectivity index (χ0n) is 11.0. The van der Waals surface area contributed by atoms with E-state index in [0.717, 1.165) is 6.42 Å². The molecule has 3 heteroatoms.